The van der Waals surface area contributed by atoms with Crippen LogP contribution in [0.15, 0.2) is 43.0 Å². The fourth-order valence-corrected chi connectivity index (χ4v) is 4.92. The first kappa shape index (κ1) is 19.9. The topological polar surface area (TPSA) is 57.6 Å². The zero-order valence-corrected chi connectivity index (χ0v) is 15.2. The molecule has 0 spiro atoms. The van der Waals surface area contributed by atoms with Crippen molar-refractivity contribution >= 4 is 16.9 Å². The monoisotopic (exact) mass is 337 g/mol. The molecule has 4 nitrogen and oxygen atoms in total. The third-order valence-electron chi connectivity index (χ3n) is 4.37. The van der Waals surface area contributed by atoms with Gasteiger partial charge in [-0.2, -0.15) is 0 Å². The highest BCUT2D eigenvalue weighted by Crippen LogP contribution is 2.23. The number of sulfonamides is 1. The van der Waals surface area contributed by atoms with E-state index >= 15 is 0 Å². The summed E-state index contributed by atoms with van der Waals surface area (Å²) in [6.07, 6.45) is 3.26. The first-order chi connectivity index (χ1) is 10.8. The second-order valence-corrected chi connectivity index (χ2v) is 8.36. The van der Waals surface area contributed by atoms with Gasteiger partial charge in [-0.3, -0.25) is 0 Å². The summed E-state index contributed by atoms with van der Waals surface area (Å²) >= 11 is 0. The maximum Gasteiger partial charge on any atom is 0.242 e. The molecule has 0 radical (unpaired) electrons. The van der Waals surface area contributed by atoms with Gasteiger partial charge in [-0.25, -0.2) is 12.6 Å². The van der Waals surface area contributed by atoms with Crippen LogP contribution < -0.4 is 0 Å². The highest BCUT2D eigenvalue weighted by molar-refractivity contribution is 7.90. The van der Waals surface area contributed by atoms with Crippen LogP contribution >= 0.6 is 0 Å². The van der Waals surface area contributed by atoms with Gasteiger partial charge in [0, 0.05) is 6.61 Å². The molecule has 6 heteroatoms. The molecule has 1 rings (SSSR count). The number of benzene rings is 1. The minimum Gasteiger partial charge on any atom is -0.396 e. The number of rotatable bonds is 10. The van der Waals surface area contributed by atoms with E-state index in [1.807, 2.05) is 44.1 Å². The molecular formula is C17H28BNO3S. The number of aliphatic hydroxyl groups is 1. The summed E-state index contributed by atoms with van der Waals surface area (Å²) in [7, 11) is -1.85. The lowest BCUT2D eigenvalue weighted by Gasteiger charge is -2.30. The lowest BCUT2D eigenvalue weighted by Crippen LogP contribution is -2.47. The van der Waals surface area contributed by atoms with Gasteiger partial charge in [-0.05, 0) is 32.1 Å². The van der Waals surface area contributed by atoms with Gasteiger partial charge in [-0.15, -0.1) is 6.58 Å². The molecule has 0 heterocycles. The molecule has 23 heavy (non-hydrogen) atoms. The molecular weight excluding hydrogens is 309 g/mol. The summed E-state index contributed by atoms with van der Waals surface area (Å²) in [4.78, 5) is 0. The smallest absolute Gasteiger partial charge is 0.242 e. The van der Waals surface area contributed by atoms with Crippen LogP contribution in [0.5, 0.6) is 0 Å². The van der Waals surface area contributed by atoms with Crippen LogP contribution in [0.25, 0.3) is 0 Å². The summed E-state index contributed by atoms with van der Waals surface area (Å²) in [5.41, 5.74) is 1.11. The molecule has 1 aromatic carbocycles. The van der Waals surface area contributed by atoms with Crippen molar-refractivity contribution in [2.75, 3.05) is 13.7 Å². The van der Waals surface area contributed by atoms with Crippen molar-refractivity contribution in [3.63, 3.8) is 0 Å². The largest absolute Gasteiger partial charge is 0.396 e. The molecule has 0 fully saturated rings. The van der Waals surface area contributed by atoms with Crippen molar-refractivity contribution in [1.29, 1.82) is 0 Å². The Morgan fingerprint density at radius 3 is 2.48 bits per heavy atom. The van der Waals surface area contributed by atoms with E-state index in [2.05, 4.69) is 6.58 Å². The Bertz CT molecular complexity index is 577. The van der Waals surface area contributed by atoms with E-state index < -0.39 is 15.3 Å². The zero-order valence-electron chi connectivity index (χ0n) is 14.4. The van der Waals surface area contributed by atoms with E-state index in [1.165, 1.54) is 4.22 Å². The van der Waals surface area contributed by atoms with E-state index in [-0.39, 0.29) is 25.8 Å². The van der Waals surface area contributed by atoms with Gasteiger partial charge in [0.25, 0.3) is 0 Å². The highest BCUT2D eigenvalue weighted by atomic mass is 32.2. The van der Waals surface area contributed by atoms with Crippen molar-refractivity contribution in [3.05, 3.63) is 48.6 Å². The summed E-state index contributed by atoms with van der Waals surface area (Å²) in [5, 5.41) is 8.67. The first-order valence-corrected chi connectivity index (χ1v) is 9.57. The number of hydrogen-bond donors (Lipinski definition) is 1. The van der Waals surface area contributed by atoms with Crippen LogP contribution in [-0.4, -0.2) is 43.5 Å². The Hall–Kier alpha value is -1.11. The lowest BCUT2D eigenvalue weighted by atomic mass is 9.60. The Kier molecular flexibility index (Phi) is 8.02. The van der Waals surface area contributed by atoms with Crippen molar-refractivity contribution in [2.24, 2.45) is 5.92 Å². The Balaban J connectivity index is 2.91. The van der Waals surface area contributed by atoms with Crippen LogP contribution in [0.1, 0.15) is 25.3 Å². The highest BCUT2D eigenvalue weighted by Gasteiger charge is 2.36. The Morgan fingerprint density at radius 1 is 1.35 bits per heavy atom. The molecule has 0 aromatic heterocycles. The van der Waals surface area contributed by atoms with Gasteiger partial charge in [0.05, 0.1) is 5.25 Å². The number of hydrogen-bond acceptors (Lipinski definition) is 3. The first-order valence-electron chi connectivity index (χ1n) is 8.07. The molecule has 0 amide bonds. The van der Waals surface area contributed by atoms with Crippen molar-refractivity contribution in [1.82, 2.24) is 4.22 Å². The van der Waals surface area contributed by atoms with Gasteiger partial charge in [-0.1, -0.05) is 55.7 Å². The molecule has 0 aliphatic carbocycles. The quantitative estimate of drug-likeness (QED) is 0.527. The summed E-state index contributed by atoms with van der Waals surface area (Å²) in [6, 6.07) is 9.86. The van der Waals surface area contributed by atoms with Crippen molar-refractivity contribution < 1.29 is 13.5 Å². The SMILES string of the molecule is C=CC[C@H](C)[C@H](CCO)S(=O)(=O)N(C)B(C)Cc1ccccc1. The van der Waals surface area contributed by atoms with Crippen LogP contribution in [0.2, 0.25) is 6.82 Å². The van der Waals surface area contributed by atoms with Gasteiger partial charge in [0.1, 0.15) is 0 Å². The molecule has 1 aromatic rings. The predicted molar refractivity (Wildman–Crippen MR) is 97.9 cm³/mol. The van der Waals surface area contributed by atoms with Crippen molar-refractivity contribution in [2.45, 2.75) is 38.2 Å². The van der Waals surface area contributed by atoms with E-state index in [1.54, 1.807) is 13.1 Å². The van der Waals surface area contributed by atoms with Gasteiger partial charge in [0.15, 0.2) is 0 Å². The number of nitrogens with zero attached hydrogens (tertiary/aromatic N) is 1. The maximum absolute atomic E-state index is 12.9. The van der Waals surface area contributed by atoms with Crippen LogP contribution in [0.3, 0.4) is 0 Å². The van der Waals surface area contributed by atoms with Crippen LogP contribution in [0.4, 0.5) is 0 Å². The van der Waals surface area contributed by atoms with E-state index in [4.69, 9.17) is 0 Å². The van der Waals surface area contributed by atoms with Crippen LogP contribution in [0, 0.1) is 5.92 Å². The second kappa shape index (κ2) is 9.25. The van der Waals surface area contributed by atoms with Gasteiger partial charge < -0.3 is 5.11 Å². The normalized spacial score (nSPS) is 14.5. The molecule has 0 unspecified atom stereocenters. The number of allylic oxidation sites excluding steroid dienone is 1. The summed E-state index contributed by atoms with van der Waals surface area (Å²) in [5.74, 6) is -0.0731. The van der Waals surface area contributed by atoms with Gasteiger partial charge >= 0.3 is 0 Å². The molecule has 0 bridgehead atoms. The second-order valence-electron chi connectivity index (χ2n) is 6.15. The average molecular weight is 337 g/mol. The molecule has 1 N–H and O–H groups in total. The van der Waals surface area contributed by atoms with E-state index in [0.717, 1.165) is 5.56 Å². The zero-order chi connectivity index (χ0) is 17.5. The Labute approximate surface area is 141 Å². The number of aliphatic hydroxyl groups excluding tert-OH is 1. The molecule has 2 atom stereocenters. The van der Waals surface area contributed by atoms with E-state index in [0.29, 0.717) is 12.7 Å². The minimum atomic E-state index is -3.48. The lowest BCUT2D eigenvalue weighted by molar-refractivity contribution is 0.273. The molecule has 0 aliphatic heterocycles. The fourth-order valence-electron chi connectivity index (χ4n) is 2.82. The summed E-state index contributed by atoms with van der Waals surface area (Å²) < 4.78 is 27.4. The molecule has 0 aliphatic rings. The molecule has 128 valence electrons. The third-order valence-corrected chi connectivity index (χ3v) is 6.99. The molecule has 0 saturated heterocycles. The van der Waals surface area contributed by atoms with E-state index in [9.17, 15) is 13.5 Å². The third kappa shape index (κ3) is 5.48. The van der Waals surface area contributed by atoms with Gasteiger partial charge in [0.2, 0.25) is 16.9 Å². The standard InChI is InChI=1S/C17H28BNO3S/c1-5-9-15(2)17(12-13-20)23(21,22)19(4)18(3)14-16-10-7-6-8-11-16/h5-8,10-11,15,17,20H,1,9,12-14H2,2-4H3/t15-,17-/m0/s1. The fraction of sp³-hybridized carbons (Fsp3) is 0.529. The maximum atomic E-state index is 12.9. The Morgan fingerprint density at radius 2 is 1.96 bits per heavy atom. The molecule has 0 saturated carbocycles. The minimum absolute atomic E-state index is 0.0731. The van der Waals surface area contributed by atoms with Crippen molar-refractivity contribution in [3.8, 4) is 0 Å². The van der Waals surface area contributed by atoms with Crippen LogP contribution in [-0.2, 0) is 16.3 Å². The summed E-state index contributed by atoms with van der Waals surface area (Å²) in [6.45, 7) is 7.23. The predicted octanol–water partition coefficient (Wildman–Crippen LogP) is 2.61. The average Bonchev–Trinajstić information content (AvgIpc) is 2.52.